The van der Waals surface area contributed by atoms with Crippen LogP contribution in [-0.2, 0) is 27.2 Å². The number of carbonyl (C=O) groups excluding carboxylic acids is 2. The number of ether oxygens (including phenoxy) is 2. The number of phenolic OH excluding ortho intramolecular Hbond substituents is 2. The number of phenols is 2. The molecule has 4 atom stereocenters. The van der Waals surface area contributed by atoms with Crippen LogP contribution in [0.2, 0.25) is 0 Å². The number of hydrogen-bond acceptors (Lipinski definition) is 8. The van der Waals surface area contributed by atoms with Crippen molar-refractivity contribution in [2.75, 3.05) is 0 Å². The Labute approximate surface area is 244 Å². The van der Waals surface area contributed by atoms with Crippen LogP contribution in [0.3, 0.4) is 0 Å². The molecule has 9 heteroatoms. The first-order chi connectivity index (χ1) is 19.5. The molecule has 5 aliphatic rings. The maximum absolute atomic E-state index is 14.5. The van der Waals surface area contributed by atoms with Crippen molar-refractivity contribution in [3.63, 3.8) is 0 Å². The Kier molecular flexibility index (Phi) is 6.77. The quantitative estimate of drug-likeness (QED) is 0.189. The SMILES string of the molecule is CC(C)=CCc1c(O)c(CC(O)=C(C)C)c2c(c1O)C(=O)C1=C[C@@H]3C[C@H]4C(C)(C)O[C@@](C/C=C(/C)C(=O)O)(C3=O)[C@@]14O2. The number of aliphatic hydroxyl groups excluding tert-OH is 1. The monoisotopic (exact) mass is 578 g/mol. The number of carboxylic acids is 1. The van der Waals surface area contributed by atoms with Gasteiger partial charge in [0, 0.05) is 47.0 Å². The highest BCUT2D eigenvalue weighted by atomic mass is 16.6. The fraction of sp³-hybridized carbons (Fsp3) is 0.485. The molecule has 1 saturated heterocycles. The standard InChI is InChI=1S/C33H38O9/c1-15(2)8-9-19-25(35)20(14-22(34)16(3)4)28-24(26(19)36)27(37)21-12-18-13-23-31(6,7)42-32(29(18)38,33(21,23)41-28)11-10-17(5)30(39)40/h8,10,12,18,23,34-36H,9,11,13-14H2,1-7H3,(H,39,40)/b17-10-/t18-,23+,32+,33-/m1/s1. The zero-order valence-corrected chi connectivity index (χ0v) is 25.0. The number of aromatic hydroxyl groups is 2. The summed E-state index contributed by atoms with van der Waals surface area (Å²) in [5.41, 5.74) is -2.46. The largest absolute Gasteiger partial charge is 0.512 e. The van der Waals surface area contributed by atoms with Crippen LogP contribution in [0.1, 0.15) is 82.8 Å². The number of aliphatic hydroxyl groups is 1. The molecule has 42 heavy (non-hydrogen) atoms. The van der Waals surface area contributed by atoms with Crippen molar-refractivity contribution >= 4 is 17.5 Å². The highest BCUT2D eigenvalue weighted by Gasteiger charge is 2.81. The number of allylic oxidation sites excluding steroid dienone is 5. The van der Waals surface area contributed by atoms with Gasteiger partial charge < -0.3 is 29.9 Å². The predicted octanol–water partition coefficient (Wildman–Crippen LogP) is 5.43. The Morgan fingerprint density at radius 2 is 1.69 bits per heavy atom. The van der Waals surface area contributed by atoms with Gasteiger partial charge in [0.2, 0.25) is 0 Å². The summed E-state index contributed by atoms with van der Waals surface area (Å²) < 4.78 is 13.4. The molecular weight excluding hydrogens is 540 g/mol. The lowest BCUT2D eigenvalue weighted by Gasteiger charge is -2.56. The van der Waals surface area contributed by atoms with Gasteiger partial charge in [0.15, 0.2) is 22.8 Å². The molecule has 9 nitrogen and oxygen atoms in total. The van der Waals surface area contributed by atoms with Crippen molar-refractivity contribution in [3.8, 4) is 17.2 Å². The molecule has 6 rings (SSSR count). The summed E-state index contributed by atoms with van der Waals surface area (Å²) in [7, 11) is 0. The van der Waals surface area contributed by atoms with E-state index in [4.69, 9.17) is 9.47 Å². The summed E-state index contributed by atoms with van der Waals surface area (Å²) in [5.74, 6) is -4.01. The van der Waals surface area contributed by atoms with Crippen molar-refractivity contribution in [3.05, 3.63) is 63.0 Å². The number of rotatable bonds is 7. The molecule has 4 N–H and O–H groups in total. The van der Waals surface area contributed by atoms with Gasteiger partial charge in [0.25, 0.3) is 0 Å². The molecule has 0 amide bonds. The van der Waals surface area contributed by atoms with Crippen LogP contribution in [0.25, 0.3) is 0 Å². The van der Waals surface area contributed by atoms with Crippen LogP contribution in [0.4, 0.5) is 0 Å². The number of carboxylic acid groups (broad SMARTS) is 1. The molecule has 2 fully saturated rings. The lowest BCUT2D eigenvalue weighted by atomic mass is 9.51. The van der Waals surface area contributed by atoms with Crippen LogP contribution in [-0.4, -0.2) is 54.8 Å². The Hall–Kier alpha value is -3.85. The van der Waals surface area contributed by atoms with E-state index in [-0.39, 0.29) is 70.1 Å². The van der Waals surface area contributed by atoms with Gasteiger partial charge in [0.1, 0.15) is 22.8 Å². The summed E-state index contributed by atoms with van der Waals surface area (Å²) in [6.07, 6.45) is 5.00. The minimum absolute atomic E-state index is 0.0151. The molecule has 2 aliphatic heterocycles. The van der Waals surface area contributed by atoms with Crippen molar-refractivity contribution < 1.29 is 44.3 Å². The number of hydrogen-bond donors (Lipinski definition) is 4. The van der Waals surface area contributed by atoms with E-state index in [0.717, 1.165) is 5.57 Å². The van der Waals surface area contributed by atoms with Crippen molar-refractivity contribution in [1.82, 2.24) is 0 Å². The van der Waals surface area contributed by atoms with Crippen LogP contribution in [0.5, 0.6) is 17.2 Å². The molecule has 2 heterocycles. The number of benzene rings is 1. The molecule has 1 saturated carbocycles. The van der Waals surface area contributed by atoms with Crippen molar-refractivity contribution in [2.24, 2.45) is 11.8 Å². The van der Waals surface area contributed by atoms with Crippen LogP contribution in [0.15, 0.2) is 46.3 Å². The third kappa shape index (κ3) is 3.89. The fourth-order valence-corrected chi connectivity index (χ4v) is 7.15. The minimum atomic E-state index is -1.72. The number of Topliss-reactive ketones (excluding diaryl/α,β-unsaturated/α-hetero) is 2. The van der Waals surface area contributed by atoms with Crippen molar-refractivity contribution in [1.29, 1.82) is 0 Å². The first-order valence-corrected chi connectivity index (χ1v) is 14.2. The smallest absolute Gasteiger partial charge is 0.330 e. The number of aliphatic carboxylic acids is 1. The third-order valence-electron chi connectivity index (χ3n) is 9.36. The van der Waals surface area contributed by atoms with Gasteiger partial charge in [0.05, 0.1) is 11.4 Å². The average Bonchev–Trinajstić information content (AvgIpc) is 3.06. The molecule has 224 valence electrons. The lowest BCUT2D eigenvalue weighted by Crippen LogP contribution is -2.72. The summed E-state index contributed by atoms with van der Waals surface area (Å²) in [4.78, 5) is 40.3. The van der Waals surface area contributed by atoms with E-state index in [1.807, 2.05) is 33.8 Å². The van der Waals surface area contributed by atoms with Crippen molar-refractivity contribution in [2.45, 2.75) is 91.0 Å². The van der Waals surface area contributed by atoms with E-state index in [2.05, 4.69) is 0 Å². The van der Waals surface area contributed by atoms with Crippen LogP contribution in [0, 0.1) is 11.8 Å². The Morgan fingerprint density at radius 3 is 2.29 bits per heavy atom. The van der Waals surface area contributed by atoms with Crippen LogP contribution < -0.4 is 4.74 Å². The number of fused-ring (bicyclic) bond motifs is 1. The first kappa shape index (κ1) is 29.6. The van der Waals surface area contributed by atoms with E-state index in [9.17, 15) is 34.8 Å². The molecule has 1 aromatic rings. The van der Waals surface area contributed by atoms with E-state index in [0.29, 0.717) is 12.0 Å². The van der Waals surface area contributed by atoms with E-state index in [1.165, 1.54) is 13.0 Å². The zero-order chi connectivity index (χ0) is 31.1. The summed E-state index contributed by atoms with van der Waals surface area (Å²) in [6.45, 7) is 12.2. The minimum Gasteiger partial charge on any atom is -0.512 e. The van der Waals surface area contributed by atoms with Crippen LogP contribution >= 0.6 is 0 Å². The summed E-state index contributed by atoms with van der Waals surface area (Å²) in [5, 5.41) is 43.3. The zero-order valence-electron chi connectivity index (χ0n) is 25.0. The third-order valence-corrected chi connectivity index (χ3v) is 9.36. The molecule has 1 spiro atoms. The van der Waals surface area contributed by atoms with Gasteiger partial charge in [-0.1, -0.05) is 23.8 Å². The maximum atomic E-state index is 14.5. The molecule has 0 unspecified atom stereocenters. The summed E-state index contributed by atoms with van der Waals surface area (Å²) >= 11 is 0. The van der Waals surface area contributed by atoms with Gasteiger partial charge in [-0.3, -0.25) is 9.59 Å². The van der Waals surface area contributed by atoms with E-state index < -0.39 is 46.1 Å². The molecule has 0 radical (unpaired) electrons. The predicted molar refractivity (Wildman–Crippen MR) is 154 cm³/mol. The topological polar surface area (TPSA) is 151 Å². The number of carbonyl (C=O) groups is 3. The van der Waals surface area contributed by atoms with Gasteiger partial charge in [-0.15, -0.1) is 0 Å². The molecule has 4 bridgehead atoms. The Morgan fingerprint density at radius 1 is 1.02 bits per heavy atom. The first-order valence-electron chi connectivity index (χ1n) is 14.2. The van der Waals surface area contributed by atoms with E-state index >= 15 is 0 Å². The highest BCUT2D eigenvalue weighted by Crippen LogP contribution is 2.68. The highest BCUT2D eigenvalue weighted by molar-refractivity contribution is 6.18. The molecule has 1 aromatic carbocycles. The second-order valence-corrected chi connectivity index (χ2v) is 12.9. The molecular formula is C33H38O9. The second kappa shape index (κ2) is 9.59. The molecule has 3 aliphatic carbocycles. The Bertz CT molecular complexity index is 1560. The summed E-state index contributed by atoms with van der Waals surface area (Å²) in [6, 6.07) is 0. The van der Waals surface area contributed by atoms with Gasteiger partial charge >= 0.3 is 5.97 Å². The normalized spacial score (nSPS) is 28.5. The Balaban J connectivity index is 1.83. The average molecular weight is 579 g/mol. The van der Waals surface area contributed by atoms with E-state index in [1.54, 1.807) is 19.9 Å². The van der Waals surface area contributed by atoms with Gasteiger partial charge in [-0.2, -0.15) is 0 Å². The van der Waals surface area contributed by atoms with Gasteiger partial charge in [-0.25, -0.2) is 4.79 Å². The molecule has 0 aromatic heterocycles. The maximum Gasteiger partial charge on any atom is 0.330 e. The fourth-order valence-electron chi connectivity index (χ4n) is 7.15. The van der Waals surface area contributed by atoms with Gasteiger partial charge in [-0.05, 0) is 66.9 Å². The second-order valence-electron chi connectivity index (χ2n) is 12.9. The number of ketones is 2. The lowest BCUT2D eigenvalue weighted by molar-refractivity contribution is -0.171.